The molecule has 0 aliphatic heterocycles. The van der Waals surface area contributed by atoms with Gasteiger partial charge in [0, 0.05) is 6.54 Å². The van der Waals surface area contributed by atoms with Crippen molar-refractivity contribution in [3.63, 3.8) is 0 Å². The van der Waals surface area contributed by atoms with E-state index in [1.54, 1.807) is 38.1 Å². The molecule has 1 N–H and O–H groups in total. The minimum absolute atomic E-state index is 0.0298. The third-order valence-corrected chi connectivity index (χ3v) is 7.56. The number of sulfonamides is 1. The van der Waals surface area contributed by atoms with E-state index in [9.17, 15) is 18.0 Å². The fourth-order valence-corrected chi connectivity index (χ4v) is 5.71. The Morgan fingerprint density at radius 3 is 2.17 bits per heavy atom. The van der Waals surface area contributed by atoms with Crippen LogP contribution in [-0.4, -0.2) is 44.5 Å². The van der Waals surface area contributed by atoms with E-state index in [4.69, 9.17) is 0 Å². The molecule has 36 heavy (non-hydrogen) atoms. The maximum absolute atomic E-state index is 13.7. The fourth-order valence-electron chi connectivity index (χ4n) is 3.91. The van der Waals surface area contributed by atoms with Crippen molar-refractivity contribution >= 4 is 28.1 Å². The number of carbonyl (C=O) groups is 2. The third-order valence-electron chi connectivity index (χ3n) is 5.46. The quantitative estimate of drug-likeness (QED) is 0.270. The van der Waals surface area contributed by atoms with Crippen molar-refractivity contribution < 1.29 is 22.7 Å². The first-order chi connectivity index (χ1) is 17.1. The molecule has 9 heteroatoms. The molecule has 188 valence electrons. The molecule has 0 unspecified atom stereocenters. The summed E-state index contributed by atoms with van der Waals surface area (Å²) in [5.74, 6) is -1.04. The minimum atomic E-state index is -3.99. The Bertz CT molecular complexity index is 1350. The molecule has 0 radical (unpaired) electrons. The highest BCUT2D eigenvalue weighted by Crippen LogP contribution is 2.26. The number of aryl methyl sites for hydroxylation is 3. The summed E-state index contributed by atoms with van der Waals surface area (Å²) in [4.78, 5) is 24.5. The largest absolute Gasteiger partial charge is 0.465 e. The van der Waals surface area contributed by atoms with Gasteiger partial charge in [-0.25, -0.2) is 18.6 Å². The van der Waals surface area contributed by atoms with Gasteiger partial charge in [0.05, 0.1) is 30.3 Å². The number of amides is 1. The van der Waals surface area contributed by atoms with Crippen molar-refractivity contribution in [3.8, 4) is 0 Å². The highest BCUT2D eigenvalue weighted by atomic mass is 32.2. The molecule has 8 nitrogen and oxygen atoms in total. The van der Waals surface area contributed by atoms with Gasteiger partial charge >= 0.3 is 5.97 Å². The molecule has 0 spiro atoms. The number of benzene rings is 3. The van der Waals surface area contributed by atoms with Gasteiger partial charge in [0.2, 0.25) is 10.0 Å². The molecule has 0 saturated carbocycles. The topological polar surface area (TPSA) is 105 Å². The van der Waals surface area contributed by atoms with Crippen molar-refractivity contribution in [2.75, 3.05) is 13.7 Å². The van der Waals surface area contributed by atoms with E-state index in [1.807, 2.05) is 49.4 Å². The molecule has 0 saturated heterocycles. The van der Waals surface area contributed by atoms with Crippen LogP contribution in [0.4, 0.5) is 0 Å². The number of nitrogens with one attached hydrogen (secondary N) is 1. The lowest BCUT2D eigenvalue weighted by atomic mass is 10.1. The number of nitrogens with zero attached hydrogens (tertiary/aromatic N) is 2. The highest BCUT2D eigenvalue weighted by molar-refractivity contribution is 7.89. The molecule has 0 bridgehead atoms. The van der Waals surface area contributed by atoms with E-state index in [0.29, 0.717) is 22.3 Å². The van der Waals surface area contributed by atoms with Crippen molar-refractivity contribution in [2.45, 2.75) is 32.2 Å². The number of hydrogen-bond donors (Lipinski definition) is 1. The van der Waals surface area contributed by atoms with Crippen molar-refractivity contribution in [1.82, 2.24) is 9.73 Å². The van der Waals surface area contributed by atoms with Crippen molar-refractivity contribution in [3.05, 3.63) is 100 Å². The smallest absolute Gasteiger partial charge is 0.337 e. The minimum Gasteiger partial charge on any atom is -0.465 e. The average molecular weight is 508 g/mol. The zero-order valence-corrected chi connectivity index (χ0v) is 21.5. The van der Waals surface area contributed by atoms with Gasteiger partial charge in [-0.05, 0) is 55.2 Å². The first kappa shape index (κ1) is 26.8. The molecule has 3 aromatic carbocycles. The van der Waals surface area contributed by atoms with E-state index in [0.717, 1.165) is 15.4 Å². The number of rotatable bonds is 9. The summed E-state index contributed by atoms with van der Waals surface area (Å²) in [5.41, 5.74) is 6.39. The van der Waals surface area contributed by atoms with Gasteiger partial charge in [-0.1, -0.05) is 60.2 Å². The maximum atomic E-state index is 13.7. The second-order valence-corrected chi connectivity index (χ2v) is 10.3. The normalized spacial score (nSPS) is 11.6. The van der Waals surface area contributed by atoms with Gasteiger partial charge < -0.3 is 4.74 Å². The molecule has 3 aromatic rings. The summed E-state index contributed by atoms with van der Waals surface area (Å²) in [6.45, 7) is 5.03. The van der Waals surface area contributed by atoms with Gasteiger partial charge in [-0.2, -0.15) is 9.41 Å². The van der Waals surface area contributed by atoms with Crippen LogP contribution >= 0.6 is 0 Å². The molecular weight excluding hydrogens is 478 g/mol. The van der Waals surface area contributed by atoms with Gasteiger partial charge in [-0.15, -0.1) is 0 Å². The van der Waals surface area contributed by atoms with Crippen LogP contribution in [0, 0.1) is 20.8 Å². The molecular formula is C27H29N3O5S. The third kappa shape index (κ3) is 6.65. The first-order valence-electron chi connectivity index (χ1n) is 11.2. The summed E-state index contributed by atoms with van der Waals surface area (Å²) in [5, 5.41) is 3.94. The van der Waals surface area contributed by atoms with Crippen LogP contribution < -0.4 is 5.43 Å². The van der Waals surface area contributed by atoms with Crippen LogP contribution in [0.15, 0.2) is 76.7 Å². The molecule has 0 aliphatic rings. The molecule has 3 rings (SSSR count). The average Bonchev–Trinajstić information content (AvgIpc) is 2.83. The van der Waals surface area contributed by atoms with Crippen LogP contribution in [0.3, 0.4) is 0 Å². The summed E-state index contributed by atoms with van der Waals surface area (Å²) in [6.07, 6.45) is 1.41. The monoisotopic (exact) mass is 507 g/mol. The van der Waals surface area contributed by atoms with Crippen molar-refractivity contribution in [1.29, 1.82) is 0 Å². The van der Waals surface area contributed by atoms with Gasteiger partial charge in [0.25, 0.3) is 5.91 Å². The van der Waals surface area contributed by atoms with E-state index in [-0.39, 0.29) is 11.4 Å². The zero-order chi connectivity index (χ0) is 26.3. The summed E-state index contributed by atoms with van der Waals surface area (Å²) in [6, 6.07) is 19.2. The van der Waals surface area contributed by atoms with Crippen LogP contribution in [0.25, 0.3) is 0 Å². The first-order valence-corrected chi connectivity index (χ1v) is 12.7. The van der Waals surface area contributed by atoms with E-state index >= 15 is 0 Å². The van der Waals surface area contributed by atoms with Gasteiger partial charge in [0.1, 0.15) is 0 Å². The van der Waals surface area contributed by atoms with E-state index in [1.165, 1.54) is 13.3 Å². The van der Waals surface area contributed by atoms with Gasteiger partial charge in [0.15, 0.2) is 0 Å². The highest BCUT2D eigenvalue weighted by Gasteiger charge is 2.30. The molecule has 0 aliphatic carbocycles. The van der Waals surface area contributed by atoms with E-state index in [2.05, 4.69) is 15.3 Å². The molecule has 0 aromatic heterocycles. The number of methoxy groups -OCH3 is 1. The lowest BCUT2D eigenvalue weighted by Crippen LogP contribution is -2.39. The van der Waals surface area contributed by atoms with Crippen LogP contribution in [-0.2, 0) is 26.1 Å². The molecule has 1 amide bonds. The number of hydrogen-bond acceptors (Lipinski definition) is 6. The van der Waals surface area contributed by atoms with Crippen LogP contribution in [0.2, 0.25) is 0 Å². The second-order valence-electron chi connectivity index (χ2n) is 8.39. The SMILES string of the molecule is COC(=O)c1ccc(/C=N\NC(=O)CN(Cc2ccccc2)S(=O)(=O)c2c(C)cc(C)cc2C)cc1. The van der Waals surface area contributed by atoms with E-state index < -0.39 is 28.4 Å². The zero-order valence-electron chi connectivity index (χ0n) is 20.7. The number of hydrazone groups is 1. The number of ether oxygens (including phenoxy) is 1. The summed E-state index contributed by atoms with van der Waals surface area (Å²) in [7, 11) is -2.69. The maximum Gasteiger partial charge on any atom is 0.337 e. The Hall–Kier alpha value is -3.82. The summed E-state index contributed by atoms with van der Waals surface area (Å²) < 4.78 is 33.2. The standard InChI is InChI=1S/C27H29N3O5S/c1-19-14-20(2)26(21(3)15-19)36(33,34)30(17-23-8-6-5-7-9-23)18-25(31)29-28-16-22-10-12-24(13-11-22)27(32)35-4/h5-16H,17-18H2,1-4H3,(H,29,31)/b28-16-. The van der Waals surface area contributed by atoms with Crippen molar-refractivity contribution in [2.24, 2.45) is 5.10 Å². The van der Waals surface area contributed by atoms with Crippen LogP contribution in [0.1, 0.15) is 38.2 Å². The Balaban J connectivity index is 1.80. The second kappa shape index (κ2) is 11.7. The fraction of sp³-hybridized carbons (Fsp3) is 0.222. The lowest BCUT2D eigenvalue weighted by Gasteiger charge is -2.24. The molecule has 0 atom stereocenters. The number of carbonyl (C=O) groups excluding carboxylic acids is 2. The Morgan fingerprint density at radius 2 is 1.58 bits per heavy atom. The Labute approximate surface area is 211 Å². The van der Waals surface area contributed by atoms with Crippen LogP contribution in [0.5, 0.6) is 0 Å². The lowest BCUT2D eigenvalue weighted by molar-refractivity contribution is -0.121. The predicted octanol–water partition coefficient (Wildman–Crippen LogP) is 3.74. The Morgan fingerprint density at radius 1 is 0.972 bits per heavy atom. The van der Waals surface area contributed by atoms with Gasteiger partial charge in [-0.3, -0.25) is 4.79 Å². The Kier molecular flexibility index (Phi) is 8.73. The molecule has 0 fully saturated rings. The molecule has 0 heterocycles. The number of esters is 1. The summed E-state index contributed by atoms with van der Waals surface area (Å²) >= 11 is 0. The predicted molar refractivity (Wildman–Crippen MR) is 138 cm³/mol.